The van der Waals surface area contributed by atoms with E-state index in [1.807, 2.05) is 13.8 Å². The molecule has 0 bridgehead atoms. The van der Waals surface area contributed by atoms with Crippen LogP contribution in [0.4, 0.5) is 0 Å². The minimum atomic E-state index is -0.893. The Hall–Kier alpha value is -2.45. The number of rotatable bonds is 12. The normalized spacial score (nSPS) is 20.2. The molecular formula is C21H34N2O7. The quantitative estimate of drug-likeness (QED) is 0.450. The van der Waals surface area contributed by atoms with Crippen LogP contribution in [0.25, 0.3) is 0 Å². The maximum atomic E-state index is 12.8. The average Bonchev–Trinajstić information content (AvgIpc) is 3.14. The molecule has 9 nitrogen and oxygen atoms in total. The highest BCUT2D eigenvalue weighted by atomic mass is 16.5. The summed E-state index contributed by atoms with van der Waals surface area (Å²) in [5.74, 6) is -4.18. The van der Waals surface area contributed by atoms with Gasteiger partial charge in [0.1, 0.15) is 17.9 Å². The van der Waals surface area contributed by atoms with Crippen molar-refractivity contribution in [2.75, 3.05) is 14.2 Å². The number of ketones is 1. The second-order valence-electron chi connectivity index (χ2n) is 7.61. The first-order chi connectivity index (χ1) is 14.3. The summed E-state index contributed by atoms with van der Waals surface area (Å²) in [6.07, 6.45) is 3.76. The summed E-state index contributed by atoms with van der Waals surface area (Å²) in [5, 5.41) is 5.27. The first kappa shape index (κ1) is 25.6. The molecule has 0 aromatic heterocycles. The molecule has 1 saturated carbocycles. The Morgan fingerprint density at radius 1 is 0.833 bits per heavy atom. The number of hydrogen-bond donors (Lipinski definition) is 2. The lowest BCUT2D eigenvalue weighted by Gasteiger charge is -2.23. The number of amides is 2. The van der Waals surface area contributed by atoms with Gasteiger partial charge in [-0.25, -0.2) is 9.59 Å². The molecular weight excluding hydrogens is 392 g/mol. The molecule has 30 heavy (non-hydrogen) atoms. The van der Waals surface area contributed by atoms with E-state index in [1.165, 1.54) is 14.2 Å². The highest BCUT2D eigenvalue weighted by Gasteiger charge is 2.43. The van der Waals surface area contributed by atoms with Gasteiger partial charge in [0.05, 0.1) is 26.1 Å². The lowest BCUT2D eigenvalue weighted by Crippen LogP contribution is -2.49. The zero-order valence-corrected chi connectivity index (χ0v) is 18.3. The molecule has 1 unspecified atom stereocenters. The Morgan fingerprint density at radius 3 is 1.50 bits per heavy atom. The fraction of sp³-hybridized carbons (Fsp3) is 0.762. The van der Waals surface area contributed by atoms with Gasteiger partial charge < -0.3 is 20.1 Å². The summed E-state index contributed by atoms with van der Waals surface area (Å²) in [6, 6.07) is -1.65. The van der Waals surface area contributed by atoms with E-state index in [4.69, 9.17) is 9.47 Å². The van der Waals surface area contributed by atoms with E-state index < -0.39 is 47.7 Å². The van der Waals surface area contributed by atoms with Crippen LogP contribution in [0.15, 0.2) is 0 Å². The largest absolute Gasteiger partial charge is 0.467 e. The maximum absolute atomic E-state index is 12.8. The molecule has 2 N–H and O–H groups in total. The van der Waals surface area contributed by atoms with Crippen LogP contribution in [0.3, 0.4) is 0 Å². The fourth-order valence-electron chi connectivity index (χ4n) is 3.57. The molecule has 170 valence electrons. The van der Waals surface area contributed by atoms with Crippen LogP contribution in [-0.2, 0) is 33.4 Å². The lowest BCUT2D eigenvalue weighted by molar-refractivity contribution is -0.147. The highest BCUT2D eigenvalue weighted by molar-refractivity contribution is 5.99. The first-order valence-corrected chi connectivity index (χ1v) is 10.6. The number of Topliss-reactive ketones (excluding diaryl/α,β-unsaturated/α-hetero) is 1. The number of nitrogens with one attached hydrogen (secondary N) is 2. The van der Waals surface area contributed by atoms with Gasteiger partial charge in [-0.1, -0.05) is 39.5 Å². The SMILES string of the molecule is CCCCC(NC(=O)[C@@H]1CC(=O)C[C@H]1C(=O)N[C@@H](CCCC)C(=O)OC)C(=O)OC. The zero-order valence-electron chi connectivity index (χ0n) is 18.3. The molecule has 1 rings (SSSR count). The Morgan fingerprint density at radius 2 is 1.20 bits per heavy atom. The van der Waals surface area contributed by atoms with Crippen molar-refractivity contribution in [2.24, 2.45) is 11.8 Å². The Labute approximate surface area is 177 Å². The van der Waals surface area contributed by atoms with Crippen LogP contribution in [0.1, 0.15) is 65.2 Å². The van der Waals surface area contributed by atoms with Crippen LogP contribution < -0.4 is 10.6 Å². The Balaban J connectivity index is 2.88. The second-order valence-corrected chi connectivity index (χ2v) is 7.61. The molecule has 0 saturated heterocycles. The minimum absolute atomic E-state index is 0.0799. The van der Waals surface area contributed by atoms with Crippen molar-refractivity contribution in [3.8, 4) is 0 Å². The van der Waals surface area contributed by atoms with Crippen LogP contribution in [0.2, 0.25) is 0 Å². The molecule has 0 heterocycles. The number of methoxy groups -OCH3 is 2. The van der Waals surface area contributed by atoms with E-state index in [9.17, 15) is 24.0 Å². The number of hydrogen-bond acceptors (Lipinski definition) is 7. The van der Waals surface area contributed by atoms with E-state index in [-0.39, 0.29) is 18.6 Å². The van der Waals surface area contributed by atoms with Crippen LogP contribution >= 0.6 is 0 Å². The first-order valence-electron chi connectivity index (χ1n) is 10.6. The summed E-state index contributed by atoms with van der Waals surface area (Å²) in [7, 11) is 2.48. The smallest absolute Gasteiger partial charge is 0.328 e. The van der Waals surface area contributed by atoms with Crippen molar-refractivity contribution in [1.82, 2.24) is 10.6 Å². The van der Waals surface area contributed by atoms with E-state index in [1.54, 1.807) is 0 Å². The van der Waals surface area contributed by atoms with E-state index in [0.717, 1.165) is 12.8 Å². The van der Waals surface area contributed by atoms with Gasteiger partial charge in [0.25, 0.3) is 0 Å². The maximum Gasteiger partial charge on any atom is 0.328 e. The van der Waals surface area contributed by atoms with Crippen LogP contribution in [0, 0.1) is 11.8 Å². The molecule has 4 atom stereocenters. The van der Waals surface area contributed by atoms with Crippen molar-refractivity contribution in [3.05, 3.63) is 0 Å². The summed E-state index contributed by atoms with van der Waals surface area (Å²) in [6.45, 7) is 3.92. The topological polar surface area (TPSA) is 128 Å². The lowest BCUT2D eigenvalue weighted by atomic mass is 9.93. The highest BCUT2D eigenvalue weighted by Crippen LogP contribution is 2.30. The van der Waals surface area contributed by atoms with Gasteiger partial charge in [0, 0.05) is 12.8 Å². The van der Waals surface area contributed by atoms with Gasteiger partial charge in [0.15, 0.2) is 0 Å². The second kappa shape index (κ2) is 13.0. The third-order valence-electron chi connectivity index (χ3n) is 5.35. The standard InChI is InChI=1S/C21H34N2O7/c1-5-7-9-16(20(27)29-3)22-18(25)14-11-13(24)12-15(14)19(26)23-17(10-8-6-2)21(28)30-4/h14-17H,5-12H2,1-4H3,(H,22,25)(H,23,26)/t14-,15-,16+,17?/m1/s1. The molecule has 0 aliphatic heterocycles. The number of carbonyl (C=O) groups excluding carboxylic acids is 5. The summed E-state index contributed by atoms with van der Waals surface area (Å²) >= 11 is 0. The summed E-state index contributed by atoms with van der Waals surface area (Å²) in [4.78, 5) is 61.6. The fourth-order valence-corrected chi connectivity index (χ4v) is 3.57. The molecule has 0 spiro atoms. The van der Waals surface area contributed by atoms with Crippen molar-refractivity contribution in [1.29, 1.82) is 0 Å². The Kier molecular flexibility index (Phi) is 11.1. The molecule has 1 fully saturated rings. The molecule has 0 radical (unpaired) electrons. The third kappa shape index (κ3) is 7.42. The summed E-state index contributed by atoms with van der Waals surface area (Å²) in [5.41, 5.74) is 0. The van der Waals surface area contributed by atoms with Crippen molar-refractivity contribution in [2.45, 2.75) is 77.3 Å². The number of ether oxygens (including phenoxy) is 2. The van der Waals surface area contributed by atoms with Gasteiger partial charge >= 0.3 is 11.9 Å². The number of unbranched alkanes of at least 4 members (excludes halogenated alkanes) is 2. The van der Waals surface area contributed by atoms with E-state index in [2.05, 4.69) is 10.6 Å². The predicted molar refractivity (Wildman–Crippen MR) is 108 cm³/mol. The molecule has 1 aliphatic rings. The number of carbonyl (C=O) groups is 5. The van der Waals surface area contributed by atoms with Crippen LogP contribution in [-0.4, -0.2) is 55.8 Å². The van der Waals surface area contributed by atoms with Gasteiger partial charge in [-0.15, -0.1) is 0 Å². The molecule has 9 heteroatoms. The van der Waals surface area contributed by atoms with Crippen molar-refractivity contribution >= 4 is 29.5 Å². The average molecular weight is 427 g/mol. The van der Waals surface area contributed by atoms with Crippen molar-refractivity contribution in [3.63, 3.8) is 0 Å². The summed E-state index contributed by atoms with van der Waals surface area (Å²) < 4.78 is 9.49. The molecule has 0 aromatic rings. The van der Waals surface area contributed by atoms with Gasteiger partial charge in [-0.2, -0.15) is 0 Å². The van der Waals surface area contributed by atoms with Gasteiger partial charge in [0.2, 0.25) is 11.8 Å². The van der Waals surface area contributed by atoms with Crippen molar-refractivity contribution < 1.29 is 33.4 Å². The minimum Gasteiger partial charge on any atom is -0.467 e. The monoisotopic (exact) mass is 426 g/mol. The van der Waals surface area contributed by atoms with Gasteiger partial charge in [-0.3, -0.25) is 14.4 Å². The van der Waals surface area contributed by atoms with E-state index in [0.29, 0.717) is 25.7 Å². The predicted octanol–water partition coefficient (Wildman–Crippen LogP) is 1.28. The molecule has 2 amide bonds. The molecule has 0 aromatic carbocycles. The van der Waals surface area contributed by atoms with Gasteiger partial charge in [-0.05, 0) is 12.8 Å². The zero-order chi connectivity index (χ0) is 22.7. The molecule has 1 aliphatic carbocycles. The number of esters is 2. The Bertz CT molecular complexity index is 583. The van der Waals surface area contributed by atoms with Crippen LogP contribution in [0.5, 0.6) is 0 Å². The third-order valence-corrected chi connectivity index (χ3v) is 5.35. The van der Waals surface area contributed by atoms with E-state index >= 15 is 0 Å².